The number of nitrogens with zero attached hydrogens (tertiary/aromatic N) is 2. The molecule has 3 aromatic rings. The van der Waals surface area contributed by atoms with Gasteiger partial charge in [-0.2, -0.15) is 0 Å². The zero-order chi connectivity index (χ0) is 21.3. The Morgan fingerprint density at radius 2 is 1.60 bits per heavy atom. The maximum absolute atomic E-state index is 13.3. The third-order valence-electron chi connectivity index (χ3n) is 4.86. The topological polar surface area (TPSA) is 57.7 Å². The molecule has 5 nitrogen and oxygen atoms in total. The number of hydrogen-bond acceptors (Lipinski definition) is 4. The highest BCUT2D eigenvalue weighted by molar-refractivity contribution is 9.12. The average Bonchev–Trinajstić information content (AvgIpc) is 3.20. The first-order valence-corrected chi connectivity index (χ1v) is 11.5. The van der Waals surface area contributed by atoms with Crippen LogP contribution in [0.15, 0.2) is 74.3 Å². The molecule has 3 amide bonds. The van der Waals surface area contributed by atoms with Crippen molar-refractivity contribution < 1.29 is 14.4 Å². The number of imide groups is 1. The summed E-state index contributed by atoms with van der Waals surface area (Å²) in [6.45, 7) is -0.0164. The van der Waals surface area contributed by atoms with Crippen molar-refractivity contribution in [3.05, 3.63) is 91.0 Å². The van der Waals surface area contributed by atoms with Crippen molar-refractivity contribution in [3.63, 3.8) is 0 Å². The number of thiophene rings is 1. The van der Waals surface area contributed by atoms with Crippen molar-refractivity contribution in [2.45, 2.75) is 12.6 Å². The summed E-state index contributed by atoms with van der Waals surface area (Å²) in [5.74, 6) is -0.681. The van der Waals surface area contributed by atoms with Gasteiger partial charge in [0.15, 0.2) is 5.78 Å². The van der Waals surface area contributed by atoms with Gasteiger partial charge in [-0.25, -0.2) is 4.79 Å². The third kappa shape index (κ3) is 4.12. The van der Waals surface area contributed by atoms with Crippen molar-refractivity contribution in [1.82, 2.24) is 9.80 Å². The average molecular weight is 548 g/mol. The summed E-state index contributed by atoms with van der Waals surface area (Å²) in [6.07, 6.45) is 0. The molecule has 0 aliphatic carbocycles. The molecule has 152 valence electrons. The van der Waals surface area contributed by atoms with Crippen molar-refractivity contribution in [1.29, 1.82) is 0 Å². The van der Waals surface area contributed by atoms with E-state index in [1.807, 2.05) is 60.7 Å². The molecule has 1 aliphatic heterocycles. The van der Waals surface area contributed by atoms with Gasteiger partial charge >= 0.3 is 6.03 Å². The molecule has 1 atom stereocenters. The second-order valence-corrected chi connectivity index (χ2v) is 10.5. The molecule has 0 radical (unpaired) electrons. The van der Waals surface area contributed by atoms with Crippen LogP contribution in [0.3, 0.4) is 0 Å². The fourth-order valence-electron chi connectivity index (χ4n) is 3.44. The Labute approximate surface area is 194 Å². The number of carbonyl (C=O) groups excluding carboxylic acids is 3. The van der Waals surface area contributed by atoms with Crippen LogP contribution in [0.2, 0.25) is 0 Å². The Morgan fingerprint density at radius 1 is 0.967 bits per heavy atom. The van der Waals surface area contributed by atoms with Gasteiger partial charge in [-0.15, -0.1) is 11.3 Å². The standard InChI is InChI=1S/C22H16Br2N2O3S/c23-18-11-16(20(24)30-18)17(27)13-26-21(28)19(15-9-5-2-6-10-15)25(22(26)29)12-14-7-3-1-4-8-14/h1-11,19H,12-13H2. The second-order valence-electron chi connectivity index (χ2n) is 6.79. The van der Waals surface area contributed by atoms with Crippen LogP contribution in [-0.2, 0) is 11.3 Å². The minimum atomic E-state index is -0.760. The summed E-state index contributed by atoms with van der Waals surface area (Å²) >= 11 is 8.10. The molecular weight excluding hydrogens is 532 g/mol. The summed E-state index contributed by atoms with van der Waals surface area (Å²) in [5.41, 5.74) is 2.09. The second kappa shape index (κ2) is 8.83. The SMILES string of the molecule is O=C(CN1C(=O)C(c2ccccc2)N(Cc2ccccc2)C1=O)c1cc(Br)sc1Br. The van der Waals surface area contributed by atoms with E-state index in [-0.39, 0.29) is 24.8 Å². The van der Waals surface area contributed by atoms with E-state index in [4.69, 9.17) is 0 Å². The molecule has 1 aromatic heterocycles. The van der Waals surface area contributed by atoms with Crippen LogP contribution in [0, 0.1) is 0 Å². The summed E-state index contributed by atoms with van der Waals surface area (Å²) in [4.78, 5) is 41.9. The third-order valence-corrected chi connectivity index (χ3v) is 7.20. The molecule has 30 heavy (non-hydrogen) atoms. The van der Waals surface area contributed by atoms with Gasteiger partial charge in [0.05, 0.1) is 14.1 Å². The lowest BCUT2D eigenvalue weighted by atomic mass is 10.0. The first kappa shape index (κ1) is 21.0. The van der Waals surface area contributed by atoms with Crippen LogP contribution in [-0.4, -0.2) is 34.1 Å². The molecule has 1 aliphatic rings. The van der Waals surface area contributed by atoms with E-state index in [1.165, 1.54) is 16.2 Å². The van der Waals surface area contributed by atoms with Gasteiger partial charge in [-0.3, -0.25) is 14.5 Å². The number of urea groups is 1. The molecule has 2 aromatic carbocycles. The first-order chi connectivity index (χ1) is 14.5. The van der Waals surface area contributed by atoms with Crippen LogP contribution in [0.25, 0.3) is 0 Å². The fraction of sp³-hybridized carbons (Fsp3) is 0.136. The Balaban J connectivity index is 1.65. The molecule has 2 heterocycles. The summed E-state index contributed by atoms with van der Waals surface area (Å²) < 4.78 is 1.46. The van der Waals surface area contributed by atoms with Crippen LogP contribution < -0.4 is 0 Å². The maximum Gasteiger partial charge on any atom is 0.328 e. The van der Waals surface area contributed by atoms with Gasteiger partial charge in [0, 0.05) is 12.1 Å². The minimum Gasteiger partial charge on any atom is -0.304 e. The molecular formula is C22H16Br2N2O3S. The molecule has 8 heteroatoms. The molecule has 1 unspecified atom stereocenters. The lowest BCUT2D eigenvalue weighted by molar-refractivity contribution is -0.128. The zero-order valence-corrected chi connectivity index (χ0v) is 19.6. The molecule has 0 bridgehead atoms. The van der Waals surface area contributed by atoms with Gasteiger partial charge < -0.3 is 4.90 Å². The highest BCUT2D eigenvalue weighted by Gasteiger charge is 2.46. The Kier molecular flexibility index (Phi) is 6.17. The van der Waals surface area contributed by atoms with Crippen LogP contribution in [0.4, 0.5) is 4.79 Å². The normalized spacial score (nSPS) is 16.4. The number of ketones is 1. The Hall–Kier alpha value is -2.29. The summed E-state index contributed by atoms with van der Waals surface area (Å²) in [5, 5.41) is 0. The number of benzene rings is 2. The smallest absolute Gasteiger partial charge is 0.304 e. The number of carbonyl (C=O) groups is 3. The zero-order valence-electron chi connectivity index (χ0n) is 15.6. The molecule has 4 rings (SSSR count). The number of amides is 3. The molecule has 1 fully saturated rings. The highest BCUT2D eigenvalue weighted by atomic mass is 79.9. The summed E-state index contributed by atoms with van der Waals surface area (Å²) in [6, 6.07) is 19.2. The van der Waals surface area contributed by atoms with Crippen molar-refractivity contribution in [2.24, 2.45) is 0 Å². The van der Waals surface area contributed by atoms with Crippen molar-refractivity contribution in [2.75, 3.05) is 6.54 Å². The number of halogens is 2. The first-order valence-electron chi connectivity index (χ1n) is 9.14. The van der Waals surface area contributed by atoms with E-state index in [1.54, 1.807) is 6.07 Å². The van der Waals surface area contributed by atoms with Crippen LogP contribution >= 0.6 is 43.2 Å². The van der Waals surface area contributed by atoms with Crippen molar-refractivity contribution >= 4 is 60.9 Å². The number of Topliss-reactive ketones (excluding diaryl/α,β-unsaturated/α-hetero) is 1. The van der Waals surface area contributed by atoms with E-state index in [0.717, 1.165) is 19.8 Å². The van der Waals surface area contributed by atoms with Gasteiger partial charge in [0.1, 0.15) is 6.04 Å². The lowest BCUT2D eigenvalue weighted by Gasteiger charge is -2.22. The lowest BCUT2D eigenvalue weighted by Crippen LogP contribution is -2.36. The van der Waals surface area contributed by atoms with Gasteiger partial charge in [0.25, 0.3) is 5.91 Å². The fourth-order valence-corrected chi connectivity index (χ4v) is 6.30. The summed E-state index contributed by atoms with van der Waals surface area (Å²) in [7, 11) is 0. The van der Waals surface area contributed by atoms with E-state index in [9.17, 15) is 14.4 Å². The van der Waals surface area contributed by atoms with Crippen molar-refractivity contribution in [3.8, 4) is 0 Å². The molecule has 0 N–H and O–H groups in total. The van der Waals surface area contributed by atoms with E-state index < -0.39 is 12.1 Å². The van der Waals surface area contributed by atoms with Gasteiger partial charge in [-0.1, -0.05) is 60.7 Å². The monoisotopic (exact) mass is 546 g/mol. The largest absolute Gasteiger partial charge is 0.328 e. The number of hydrogen-bond donors (Lipinski definition) is 0. The van der Waals surface area contributed by atoms with Gasteiger partial charge in [0.2, 0.25) is 0 Å². The Bertz CT molecular complexity index is 1100. The molecule has 1 saturated heterocycles. The van der Waals surface area contributed by atoms with E-state index in [0.29, 0.717) is 9.35 Å². The van der Waals surface area contributed by atoms with Crippen LogP contribution in [0.1, 0.15) is 27.5 Å². The molecule has 0 saturated carbocycles. The quantitative estimate of drug-likeness (QED) is 0.295. The predicted octanol–water partition coefficient (Wildman–Crippen LogP) is 5.66. The van der Waals surface area contributed by atoms with Gasteiger partial charge in [-0.05, 0) is 49.1 Å². The van der Waals surface area contributed by atoms with Crippen LogP contribution in [0.5, 0.6) is 0 Å². The van der Waals surface area contributed by atoms with E-state index >= 15 is 0 Å². The highest BCUT2D eigenvalue weighted by Crippen LogP contribution is 2.35. The number of rotatable bonds is 6. The molecule has 0 spiro atoms. The van der Waals surface area contributed by atoms with E-state index in [2.05, 4.69) is 31.9 Å². The predicted molar refractivity (Wildman–Crippen MR) is 122 cm³/mol. The minimum absolute atomic E-state index is 0.281. The Morgan fingerprint density at radius 3 is 2.20 bits per heavy atom. The maximum atomic E-state index is 13.3.